The Morgan fingerprint density at radius 3 is 2.84 bits per heavy atom. The molecule has 0 spiro atoms. The number of phenols is 1. The Morgan fingerprint density at radius 2 is 2.21 bits per heavy atom. The quantitative estimate of drug-likeness (QED) is 0.860. The van der Waals surface area contributed by atoms with Gasteiger partial charge in [-0.05, 0) is 12.1 Å². The number of nitrogens with zero attached hydrogens (tertiary/aromatic N) is 1. The molecule has 1 unspecified atom stereocenters. The topological polar surface area (TPSA) is 87.1 Å². The molecule has 6 nitrogen and oxygen atoms in total. The molecule has 2 rings (SSSR count). The number of aliphatic carboxylic acids is 1. The maximum absolute atomic E-state index is 12.3. The maximum atomic E-state index is 12.3. The highest BCUT2D eigenvalue weighted by atomic mass is 32.2. The van der Waals surface area contributed by atoms with Crippen LogP contribution in [0.4, 0.5) is 0 Å². The SMILES string of the molecule is COc1cccc(C(=O)N2CSCC2C(=O)O)c1O. The second kappa shape index (κ2) is 5.40. The third kappa shape index (κ3) is 2.46. The number of carboxylic acids is 1. The predicted molar refractivity (Wildman–Crippen MR) is 69.6 cm³/mol. The van der Waals surface area contributed by atoms with Crippen LogP contribution in [0.1, 0.15) is 10.4 Å². The molecule has 0 bridgehead atoms. The molecule has 0 radical (unpaired) electrons. The number of hydrogen-bond donors (Lipinski definition) is 2. The van der Waals surface area contributed by atoms with Crippen LogP contribution in [-0.4, -0.2) is 51.8 Å². The number of methoxy groups -OCH3 is 1. The molecule has 0 aliphatic carbocycles. The summed E-state index contributed by atoms with van der Waals surface area (Å²) in [6, 6.07) is 3.69. The Labute approximate surface area is 114 Å². The van der Waals surface area contributed by atoms with E-state index in [4.69, 9.17) is 9.84 Å². The van der Waals surface area contributed by atoms with Gasteiger partial charge in [0.1, 0.15) is 6.04 Å². The van der Waals surface area contributed by atoms with E-state index in [0.717, 1.165) is 0 Å². The molecule has 7 heteroatoms. The van der Waals surface area contributed by atoms with Crippen molar-refractivity contribution in [2.75, 3.05) is 18.7 Å². The van der Waals surface area contributed by atoms with Gasteiger partial charge in [-0.2, -0.15) is 0 Å². The highest BCUT2D eigenvalue weighted by molar-refractivity contribution is 7.99. The van der Waals surface area contributed by atoms with E-state index in [0.29, 0.717) is 11.6 Å². The summed E-state index contributed by atoms with van der Waals surface area (Å²) >= 11 is 1.37. The molecule has 1 heterocycles. The molecule has 1 aromatic carbocycles. The van der Waals surface area contributed by atoms with E-state index < -0.39 is 17.9 Å². The van der Waals surface area contributed by atoms with Crippen molar-refractivity contribution < 1.29 is 24.5 Å². The van der Waals surface area contributed by atoms with Crippen LogP contribution in [0.2, 0.25) is 0 Å². The summed E-state index contributed by atoms with van der Waals surface area (Å²) in [5, 5.41) is 19.0. The molecule has 1 atom stereocenters. The minimum atomic E-state index is -1.04. The van der Waals surface area contributed by atoms with Crippen molar-refractivity contribution in [2.45, 2.75) is 6.04 Å². The molecular formula is C12H13NO5S. The first-order valence-electron chi connectivity index (χ1n) is 5.53. The predicted octanol–water partition coefficient (Wildman–Crippen LogP) is 1.00. The number of carboxylic acid groups (broad SMARTS) is 1. The van der Waals surface area contributed by atoms with E-state index in [-0.39, 0.29) is 17.1 Å². The number of ether oxygens (including phenoxy) is 1. The number of aromatic hydroxyl groups is 1. The number of carbonyl (C=O) groups excluding carboxylic acids is 1. The normalized spacial score (nSPS) is 18.4. The number of phenolic OH excluding ortho intramolecular Hbond substituents is 1. The van der Waals surface area contributed by atoms with Crippen LogP contribution in [0.5, 0.6) is 11.5 Å². The first-order valence-corrected chi connectivity index (χ1v) is 6.69. The first kappa shape index (κ1) is 13.5. The minimum Gasteiger partial charge on any atom is -0.504 e. The number of para-hydroxylation sites is 1. The average Bonchev–Trinajstić information content (AvgIpc) is 2.87. The number of rotatable bonds is 3. The van der Waals surface area contributed by atoms with E-state index in [1.807, 2.05) is 0 Å². The number of hydrogen-bond acceptors (Lipinski definition) is 5. The Morgan fingerprint density at radius 1 is 1.47 bits per heavy atom. The molecule has 102 valence electrons. The maximum Gasteiger partial charge on any atom is 0.327 e. The van der Waals surface area contributed by atoms with Crippen molar-refractivity contribution in [2.24, 2.45) is 0 Å². The average molecular weight is 283 g/mol. The van der Waals surface area contributed by atoms with Crippen molar-refractivity contribution in [1.29, 1.82) is 0 Å². The van der Waals surface area contributed by atoms with Gasteiger partial charge in [-0.25, -0.2) is 4.79 Å². The highest BCUT2D eigenvalue weighted by Crippen LogP contribution is 2.32. The fourth-order valence-electron chi connectivity index (χ4n) is 1.86. The van der Waals surface area contributed by atoms with Gasteiger partial charge in [0.15, 0.2) is 11.5 Å². The third-order valence-corrected chi connectivity index (χ3v) is 3.89. The molecule has 1 aliphatic rings. The lowest BCUT2D eigenvalue weighted by atomic mass is 10.1. The summed E-state index contributed by atoms with van der Waals surface area (Å²) in [6.45, 7) is 0. The minimum absolute atomic E-state index is 0.0492. The molecule has 1 fully saturated rings. The van der Waals surface area contributed by atoms with Crippen LogP contribution in [0.15, 0.2) is 18.2 Å². The van der Waals surface area contributed by atoms with Gasteiger partial charge in [0, 0.05) is 5.75 Å². The van der Waals surface area contributed by atoms with Crippen LogP contribution in [0.25, 0.3) is 0 Å². The highest BCUT2D eigenvalue weighted by Gasteiger charge is 2.36. The van der Waals surface area contributed by atoms with E-state index in [9.17, 15) is 14.7 Å². The van der Waals surface area contributed by atoms with Crippen LogP contribution < -0.4 is 4.74 Å². The molecule has 2 N–H and O–H groups in total. The second-order valence-corrected chi connectivity index (χ2v) is 4.99. The summed E-state index contributed by atoms with van der Waals surface area (Å²) in [5.41, 5.74) is 0.0492. The van der Waals surface area contributed by atoms with Gasteiger partial charge in [-0.1, -0.05) is 6.07 Å². The van der Waals surface area contributed by atoms with Gasteiger partial charge < -0.3 is 19.8 Å². The monoisotopic (exact) mass is 283 g/mol. The largest absolute Gasteiger partial charge is 0.504 e. The fourth-order valence-corrected chi connectivity index (χ4v) is 3.01. The van der Waals surface area contributed by atoms with Gasteiger partial charge >= 0.3 is 5.97 Å². The smallest absolute Gasteiger partial charge is 0.327 e. The van der Waals surface area contributed by atoms with E-state index in [1.54, 1.807) is 6.07 Å². The fraction of sp³-hybridized carbons (Fsp3) is 0.333. The summed E-state index contributed by atoms with van der Waals surface area (Å²) in [7, 11) is 1.38. The zero-order valence-electron chi connectivity index (χ0n) is 10.2. The molecule has 0 saturated carbocycles. The van der Waals surface area contributed by atoms with Crippen LogP contribution >= 0.6 is 11.8 Å². The van der Waals surface area contributed by atoms with Crippen molar-refractivity contribution in [3.8, 4) is 11.5 Å². The summed E-state index contributed by atoms with van der Waals surface area (Å²) in [6.07, 6.45) is 0. The second-order valence-electron chi connectivity index (χ2n) is 3.99. The summed E-state index contributed by atoms with van der Waals surface area (Å²) < 4.78 is 4.93. The molecule has 19 heavy (non-hydrogen) atoms. The lowest BCUT2D eigenvalue weighted by Gasteiger charge is -2.21. The molecule has 0 aromatic heterocycles. The molecule has 1 saturated heterocycles. The lowest BCUT2D eigenvalue weighted by molar-refractivity contribution is -0.140. The molecular weight excluding hydrogens is 270 g/mol. The number of benzene rings is 1. The Kier molecular flexibility index (Phi) is 3.84. The van der Waals surface area contributed by atoms with Gasteiger partial charge in [0.25, 0.3) is 5.91 Å². The van der Waals surface area contributed by atoms with Gasteiger partial charge in [-0.3, -0.25) is 4.79 Å². The Bertz CT molecular complexity index is 519. The van der Waals surface area contributed by atoms with Crippen molar-refractivity contribution in [3.05, 3.63) is 23.8 Å². The number of amides is 1. The van der Waals surface area contributed by atoms with Crippen molar-refractivity contribution >= 4 is 23.6 Å². The lowest BCUT2D eigenvalue weighted by Crippen LogP contribution is -2.41. The Hall–Kier alpha value is -1.89. The van der Waals surface area contributed by atoms with Crippen LogP contribution in [-0.2, 0) is 4.79 Å². The van der Waals surface area contributed by atoms with E-state index >= 15 is 0 Å². The summed E-state index contributed by atoms with van der Waals surface area (Å²) in [4.78, 5) is 24.6. The zero-order chi connectivity index (χ0) is 14.0. The molecule has 1 aromatic rings. The van der Waals surface area contributed by atoms with Gasteiger partial charge in [0.2, 0.25) is 0 Å². The Balaban J connectivity index is 2.32. The van der Waals surface area contributed by atoms with Crippen LogP contribution in [0, 0.1) is 0 Å². The molecule has 1 aliphatic heterocycles. The molecule has 1 amide bonds. The van der Waals surface area contributed by atoms with E-state index in [1.165, 1.54) is 35.9 Å². The first-order chi connectivity index (χ1) is 9.06. The van der Waals surface area contributed by atoms with E-state index in [2.05, 4.69) is 0 Å². The van der Waals surface area contributed by atoms with Gasteiger partial charge in [0.05, 0.1) is 18.6 Å². The van der Waals surface area contributed by atoms with Crippen LogP contribution in [0.3, 0.4) is 0 Å². The number of thioether (sulfide) groups is 1. The van der Waals surface area contributed by atoms with Gasteiger partial charge in [-0.15, -0.1) is 11.8 Å². The zero-order valence-corrected chi connectivity index (χ0v) is 11.0. The standard InChI is InChI=1S/C12H13NO5S/c1-18-9-4-2-3-7(10(9)14)11(15)13-6-19-5-8(13)12(16)17/h2-4,8,14H,5-6H2,1H3,(H,16,17). The van der Waals surface area contributed by atoms with Crippen molar-refractivity contribution in [1.82, 2.24) is 4.90 Å². The van der Waals surface area contributed by atoms with Crippen molar-refractivity contribution in [3.63, 3.8) is 0 Å². The third-order valence-electron chi connectivity index (χ3n) is 2.88. The number of carbonyl (C=O) groups is 2. The summed E-state index contributed by atoms with van der Waals surface area (Å²) in [5.74, 6) is -0.978.